The van der Waals surface area contributed by atoms with Crippen molar-refractivity contribution in [1.29, 1.82) is 0 Å². The zero-order valence-corrected chi connectivity index (χ0v) is 16.1. The molecule has 5 heteroatoms. The van der Waals surface area contributed by atoms with E-state index in [1.165, 1.54) is 0 Å². The maximum absolute atomic E-state index is 13.2. The molecule has 140 valence electrons. The van der Waals surface area contributed by atoms with E-state index < -0.39 is 6.04 Å². The van der Waals surface area contributed by atoms with Crippen molar-refractivity contribution in [2.45, 2.75) is 19.5 Å². The summed E-state index contributed by atoms with van der Waals surface area (Å²) in [5, 5.41) is 0.629. The molecule has 4 rings (SSSR count). The summed E-state index contributed by atoms with van der Waals surface area (Å²) < 4.78 is 0. The van der Waals surface area contributed by atoms with Crippen LogP contribution < -0.4 is 9.80 Å². The molecule has 2 amide bonds. The van der Waals surface area contributed by atoms with Crippen LogP contribution in [0, 0.1) is 0 Å². The van der Waals surface area contributed by atoms with Gasteiger partial charge in [-0.05, 0) is 48.9 Å². The zero-order valence-electron chi connectivity index (χ0n) is 15.4. The van der Waals surface area contributed by atoms with Crippen molar-refractivity contribution in [3.05, 3.63) is 95.0 Å². The third-order valence-electron chi connectivity index (χ3n) is 4.91. The Morgan fingerprint density at radius 2 is 1.61 bits per heavy atom. The lowest BCUT2D eigenvalue weighted by Gasteiger charge is -2.40. The number of fused-ring (bicyclic) bond motifs is 1. The zero-order chi connectivity index (χ0) is 19.7. The largest absolute Gasteiger partial charge is 0.304 e. The monoisotopic (exact) mass is 390 g/mol. The Hall–Kier alpha value is -3.11. The number of benzene rings is 3. The van der Waals surface area contributed by atoms with Gasteiger partial charge in [-0.15, -0.1) is 0 Å². The SMILES string of the molecule is C[C@H]1C(=O)N(Cc2cccc(Cl)c2)c2ccccc2N1C(=O)c1ccccc1. The average Bonchev–Trinajstić information content (AvgIpc) is 2.72. The highest BCUT2D eigenvalue weighted by molar-refractivity contribution is 6.30. The summed E-state index contributed by atoms with van der Waals surface area (Å²) >= 11 is 6.10. The first-order chi connectivity index (χ1) is 13.6. The molecule has 0 N–H and O–H groups in total. The first-order valence-corrected chi connectivity index (χ1v) is 9.47. The molecule has 1 atom stereocenters. The van der Waals surface area contributed by atoms with Gasteiger partial charge >= 0.3 is 0 Å². The lowest BCUT2D eigenvalue weighted by molar-refractivity contribution is -0.119. The van der Waals surface area contributed by atoms with E-state index in [9.17, 15) is 9.59 Å². The number of anilines is 2. The maximum Gasteiger partial charge on any atom is 0.259 e. The van der Waals surface area contributed by atoms with Crippen molar-refractivity contribution in [3.8, 4) is 0 Å². The minimum absolute atomic E-state index is 0.122. The van der Waals surface area contributed by atoms with Gasteiger partial charge in [-0.2, -0.15) is 0 Å². The predicted molar refractivity (Wildman–Crippen MR) is 112 cm³/mol. The van der Waals surface area contributed by atoms with Gasteiger partial charge in [-0.25, -0.2) is 0 Å². The van der Waals surface area contributed by atoms with Crippen LogP contribution >= 0.6 is 11.6 Å². The van der Waals surface area contributed by atoms with Crippen LogP contribution in [0.3, 0.4) is 0 Å². The predicted octanol–water partition coefficient (Wildman–Crippen LogP) is 4.92. The number of rotatable bonds is 3. The normalized spacial score (nSPS) is 16.1. The first kappa shape index (κ1) is 18.3. The van der Waals surface area contributed by atoms with Crippen molar-refractivity contribution in [3.63, 3.8) is 0 Å². The van der Waals surface area contributed by atoms with Crippen LogP contribution in [0.15, 0.2) is 78.9 Å². The van der Waals surface area contributed by atoms with E-state index in [0.717, 1.165) is 16.9 Å². The van der Waals surface area contributed by atoms with Gasteiger partial charge in [-0.1, -0.05) is 54.1 Å². The number of halogens is 1. The molecule has 0 aromatic heterocycles. The van der Waals surface area contributed by atoms with E-state index in [0.29, 0.717) is 17.1 Å². The molecule has 0 saturated heterocycles. The topological polar surface area (TPSA) is 40.6 Å². The second-order valence-electron chi connectivity index (χ2n) is 6.76. The van der Waals surface area contributed by atoms with Gasteiger partial charge in [0, 0.05) is 10.6 Å². The van der Waals surface area contributed by atoms with E-state index in [-0.39, 0.29) is 11.8 Å². The molecule has 0 radical (unpaired) electrons. The van der Waals surface area contributed by atoms with Crippen molar-refractivity contribution < 1.29 is 9.59 Å². The Morgan fingerprint density at radius 1 is 0.929 bits per heavy atom. The van der Waals surface area contributed by atoms with Crippen molar-refractivity contribution in [2.24, 2.45) is 0 Å². The summed E-state index contributed by atoms with van der Waals surface area (Å²) in [6.45, 7) is 2.16. The standard InChI is InChI=1S/C23H19ClN2O2/c1-16-22(27)25(15-17-8-7-11-19(24)14-17)20-12-5-6-13-21(20)26(16)23(28)18-9-3-2-4-10-18/h2-14,16H,15H2,1H3/t16-/m0/s1. The molecule has 0 spiro atoms. The van der Waals surface area contributed by atoms with Crippen LogP contribution in [0.5, 0.6) is 0 Å². The Labute approximate surface area is 169 Å². The van der Waals surface area contributed by atoms with Crippen LogP contribution in [0.4, 0.5) is 11.4 Å². The molecule has 1 heterocycles. The molecule has 0 saturated carbocycles. The van der Waals surface area contributed by atoms with Gasteiger partial charge in [0.15, 0.2) is 0 Å². The third kappa shape index (κ3) is 3.27. The Balaban J connectivity index is 1.75. The van der Waals surface area contributed by atoms with Crippen LogP contribution in [-0.2, 0) is 11.3 Å². The van der Waals surface area contributed by atoms with E-state index in [1.54, 1.807) is 34.9 Å². The van der Waals surface area contributed by atoms with Gasteiger partial charge in [0.25, 0.3) is 5.91 Å². The van der Waals surface area contributed by atoms with Crippen LogP contribution in [0.2, 0.25) is 5.02 Å². The molecule has 1 aliphatic rings. The van der Waals surface area contributed by atoms with Crippen molar-refractivity contribution in [1.82, 2.24) is 0 Å². The summed E-state index contributed by atoms with van der Waals surface area (Å²) in [4.78, 5) is 29.7. The summed E-state index contributed by atoms with van der Waals surface area (Å²) in [5.41, 5.74) is 2.94. The van der Waals surface area contributed by atoms with E-state index in [2.05, 4.69) is 0 Å². The lowest BCUT2D eigenvalue weighted by Crippen LogP contribution is -2.54. The molecular weight excluding hydrogens is 372 g/mol. The Morgan fingerprint density at radius 3 is 2.32 bits per heavy atom. The fourth-order valence-corrected chi connectivity index (χ4v) is 3.76. The molecule has 3 aromatic carbocycles. The quantitative estimate of drug-likeness (QED) is 0.636. The van der Waals surface area contributed by atoms with Gasteiger partial charge < -0.3 is 4.90 Å². The maximum atomic E-state index is 13.2. The van der Waals surface area contributed by atoms with Gasteiger partial charge in [0.05, 0.1) is 17.9 Å². The Kier molecular flexibility index (Phi) is 4.88. The fraction of sp³-hybridized carbons (Fsp3) is 0.130. The smallest absolute Gasteiger partial charge is 0.259 e. The first-order valence-electron chi connectivity index (χ1n) is 9.10. The average molecular weight is 391 g/mol. The number of hydrogen-bond donors (Lipinski definition) is 0. The van der Waals surface area contributed by atoms with E-state index >= 15 is 0 Å². The van der Waals surface area contributed by atoms with E-state index in [4.69, 9.17) is 11.6 Å². The molecule has 0 bridgehead atoms. The summed E-state index contributed by atoms with van der Waals surface area (Å²) in [6.07, 6.45) is 0. The summed E-state index contributed by atoms with van der Waals surface area (Å²) in [6, 6.07) is 23.4. The third-order valence-corrected chi connectivity index (χ3v) is 5.15. The van der Waals surface area contributed by atoms with Gasteiger partial charge in [0.1, 0.15) is 6.04 Å². The van der Waals surface area contributed by atoms with Crippen molar-refractivity contribution in [2.75, 3.05) is 9.80 Å². The van der Waals surface area contributed by atoms with Crippen molar-refractivity contribution >= 4 is 34.8 Å². The molecule has 1 aliphatic heterocycles. The summed E-state index contributed by atoms with van der Waals surface area (Å²) in [5.74, 6) is -0.306. The van der Waals surface area contributed by atoms with Gasteiger partial charge in [0.2, 0.25) is 5.91 Å². The number of hydrogen-bond acceptors (Lipinski definition) is 2. The number of amides is 2. The van der Waals surface area contributed by atoms with Crippen LogP contribution in [0.1, 0.15) is 22.8 Å². The highest BCUT2D eigenvalue weighted by atomic mass is 35.5. The van der Waals surface area contributed by atoms with Crippen LogP contribution in [0.25, 0.3) is 0 Å². The molecular formula is C23H19ClN2O2. The second-order valence-corrected chi connectivity index (χ2v) is 7.20. The van der Waals surface area contributed by atoms with E-state index in [1.807, 2.05) is 60.7 Å². The number of carbonyl (C=O) groups is 2. The molecule has 4 nitrogen and oxygen atoms in total. The summed E-state index contributed by atoms with van der Waals surface area (Å²) in [7, 11) is 0. The highest BCUT2D eigenvalue weighted by Gasteiger charge is 2.38. The minimum atomic E-state index is -0.609. The number of para-hydroxylation sites is 2. The fourth-order valence-electron chi connectivity index (χ4n) is 3.55. The van der Waals surface area contributed by atoms with Crippen LogP contribution in [-0.4, -0.2) is 17.9 Å². The Bertz CT molecular complexity index is 1040. The minimum Gasteiger partial charge on any atom is -0.304 e. The van der Waals surface area contributed by atoms with Gasteiger partial charge in [-0.3, -0.25) is 14.5 Å². The second kappa shape index (κ2) is 7.49. The lowest BCUT2D eigenvalue weighted by atomic mass is 10.0. The number of nitrogens with zero attached hydrogens (tertiary/aromatic N) is 2. The molecule has 3 aromatic rings. The molecule has 0 aliphatic carbocycles. The molecule has 28 heavy (non-hydrogen) atoms. The molecule has 0 unspecified atom stereocenters. The highest BCUT2D eigenvalue weighted by Crippen LogP contribution is 2.37. The molecule has 0 fully saturated rings. The number of carbonyl (C=O) groups excluding carboxylic acids is 2.